The van der Waals surface area contributed by atoms with Gasteiger partial charge in [-0.05, 0) is 27.2 Å². The lowest BCUT2D eigenvalue weighted by Crippen LogP contribution is -2.50. The van der Waals surface area contributed by atoms with Crippen molar-refractivity contribution in [3.8, 4) is 0 Å². The van der Waals surface area contributed by atoms with Gasteiger partial charge in [-0.15, -0.1) is 0 Å². The standard InChI is InChI=1S/C12H21NO3/c1-12(2,3)16-11(14)13-5-9-4-10(6-13)8-15-7-9/h9-10H,4-8H2,1-3H3/t9-,10+. The van der Waals surface area contributed by atoms with Crippen LogP contribution in [-0.2, 0) is 9.47 Å². The van der Waals surface area contributed by atoms with E-state index >= 15 is 0 Å². The summed E-state index contributed by atoms with van der Waals surface area (Å²) in [7, 11) is 0. The predicted octanol–water partition coefficient (Wildman–Crippen LogP) is 1.89. The Labute approximate surface area is 96.9 Å². The highest BCUT2D eigenvalue weighted by molar-refractivity contribution is 5.68. The smallest absolute Gasteiger partial charge is 0.410 e. The molecule has 0 saturated carbocycles. The monoisotopic (exact) mass is 227 g/mol. The molecule has 92 valence electrons. The minimum absolute atomic E-state index is 0.177. The average molecular weight is 227 g/mol. The van der Waals surface area contributed by atoms with Gasteiger partial charge in [-0.25, -0.2) is 4.79 Å². The molecule has 0 aliphatic carbocycles. The van der Waals surface area contributed by atoms with Crippen molar-refractivity contribution in [2.24, 2.45) is 11.8 Å². The lowest BCUT2D eigenvalue weighted by molar-refractivity contribution is -0.0485. The molecule has 0 aromatic carbocycles. The van der Waals surface area contributed by atoms with Gasteiger partial charge >= 0.3 is 6.09 Å². The summed E-state index contributed by atoms with van der Waals surface area (Å²) in [6.45, 7) is 8.85. The van der Waals surface area contributed by atoms with Crippen LogP contribution in [0.5, 0.6) is 0 Å². The highest BCUT2D eigenvalue weighted by Gasteiger charge is 2.35. The summed E-state index contributed by atoms with van der Waals surface area (Å²) in [6, 6.07) is 0. The van der Waals surface area contributed by atoms with E-state index in [1.807, 2.05) is 25.7 Å². The fourth-order valence-corrected chi connectivity index (χ4v) is 2.44. The molecular formula is C12H21NO3. The van der Waals surface area contributed by atoms with Crippen molar-refractivity contribution < 1.29 is 14.3 Å². The second kappa shape index (κ2) is 4.24. The van der Waals surface area contributed by atoms with Crippen molar-refractivity contribution in [3.63, 3.8) is 0 Å². The molecule has 2 rings (SSSR count). The van der Waals surface area contributed by atoms with Crippen LogP contribution in [0.4, 0.5) is 4.79 Å². The third-order valence-electron chi connectivity index (χ3n) is 2.98. The number of carbonyl (C=O) groups excluding carboxylic acids is 1. The number of nitrogens with zero attached hydrogens (tertiary/aromatic N) is 1. The van der Waals surface area contributed by atoms with Crippen molar-refractivity contribution in [2.45, 2.75) is 32.8 Å². The van der Waals surface area contributed by atoms with Crippen LogP contribution in [0.2, 0.25) is 0 Å². The molecule has 2 saturated heterocycles. The molecular weight excluding hydrogens is 206 g/mol. The second-order valence-corrected chi connectivity index (χ2v) is 5.89. The van der Waals surface area contributed by atoms with Gasteiger partial charge in [-0.2, -0.15) is 0 Å². The quantitative estimate of drug-likeness (QED) is 0.634. The number of likely N-dealkylation sites (tertiary alicyclic amines) is 1. The Morgan fingerprint density at radius 2 is 1.81 bits per heavy atom. The van der Waals surface area contributed by atoms with Crippen LogP contribution in [0.1, 0.15) is 27.2 Å². The van der Waals surface area contributed by atoms with Crippen molar-refractivity contribution in [3.05, 3.63) is 0 Å². The van der Waals surface area contributed by atoms with E-state index in [4.69, 9.17) is 9.47 Å². The van der Waals surface area contributed by atoms with Crippen molar-refractivity contribution in [1.29, 1.82) is 0 Å². The minimum Gasteiger partial charge on any atom is -0.444 e. The summed E-state index contributed by atoms with van der Waals surface area (Å²) in [5.41, 5.74) is -0.403. The summed E-state index contributed by atoms with van der Waals surface area (Å²) in [4.78, 5) is 13.7. The lowest BCUT2D eigenvalue weighted by atomic mass is 9.88. The van der Waals surface area contributed by atoms with Gasteiger partial charge in [0.25, 0.3) is 0 Å². The molecule has 4 heteroatoms. The van der Waals surface area contributed by atoms with Crippen LogP contribution in [0.3, 0.4) is 0 Å². The van der Waals surface area contributed by atoms with Crippen LogP contribution in [0.15, 0.2) is 0 Å². The Kier molecular flexibility index (Phi) is 3.10. The molecule has 4 nitrogen and oxygen atoms in total. The Balaban J connectivity index is 1.92. The highest BCUT2D eigenvalue weighted by Crippen LogP contribution is 2.27. The molecule has 0 radical (unpaired) electrons. The number of carbonyl (C=O) groups is 1. The Bertz CT molecular complexity index is 260. The number of ether oxygens (including phenoxy) is 2. The van der Waals surface area contributed by atoms with Crippen molar-refractivity contribution in [2.75, 3.05) is 26.3 Å². The zero-order valence-corrected chi connectivity index (χ0v) is 10.4. The first-order valence-corrected chi connectivity index (χ1v) is 6.00. The van der Waals surface area contributed by atoms with Crippen LogP contribution < -0.4 is 0 Å². The number of rotatable bonds is 0. The SMILES string of the molecule is CC(C)(C)OC(=O)N1C[C@@H]2COC[C@@H](C2)C1. The predicted molar refractivity (Wildman–Crippen MR) is 60.2 cm³/mol. The van der Waals surface area contributed by atoms with E-state index in [0.717, 1.165) is 26.3 Å². The fourth-order valence-electron chi connectivity index (χ4n) is 2.44. The highest BCUT2D eigenvalue weighted by atomic mass is 16.6. The number of hydrogen-bond donors (Lipinski definition) is 0. The van der Waals surface area contributed by atoms with E-state index in [9.17, 15) is 4.79 Å². The average Bonchev–Trinajstić information content (AvgIpc) is 2.14. The van der Waals surface area contributed by atoms with Gasteiger partial charge in [0, 0.05) is 24.9 Å². The zero-order chi connectivity index (χ0) is 11.8. The topological polar surface area (TPSA) is 38.8 Å². The summed E-state index contributed by atoms with van der Waals surface area (Å²) >= 11 is 0. The number of hydrogen-bond acceptors (Lipinski definition) is 3. The Morgan fingerprint density at radius 1 is 1.25 bits per heavy atom. The summed E-state index contributed by atoms with van der Waals surface area (Å²) < 4.78 is 10.9. The van der Waals surface area contributed by atoms with E-state index < -0.39 is 5.60 Å². The Hall–Kier alpha value is -0.770. The second-order valence-electron chi connectivity index (χ2n) is 5.89. The molecule has 2 heterocycles. The Morgan fingerprint density at radius 3 is 2.31 bits per heavy atom. The van der Waals surface area contributed by atoms with E-state index in [0.29, 0.717) is 11.8 Å². The van der Waals surface area contributed by atoms with Gasteiger partial charge in [0.05, 0.1) is 13.2 Å². The van der Waals surface area contributed by atoms with Gasteiger partial charge < -0.3 is 14.4 Å². The van der Waals surface area contributed by atoms with Gasteiger partial charge in [-0.1, -0.05) is 0 Å². The molecule has 2 fully saturated rings. The minimum atomic E-state index is -0.403. The fraction of sp³-hybridized carbons (Fsp3) is 0.917. The van der Waals surface area contributed by atoms with E-state index in [1.165, 1.54) is 6.42 Å². The van der Waals surface area contributed by atoms with Crippen molar-refractivity contribution >= 4 is 6.09 Å². The van der Waals surface area contributed by atoms with E-state index in [1.54, 1.807) is 0 Å². The van der Waals surface area contributed by atoms with Crippen LogP contribution in [0.25, 0.3) is 0 Å². The molecule has 2 bridgehead atoms. The molecule has 0 spiro atoms. The molecule has 2 aliphatic rings. The van der Waals surface area contributed by atoms with Crippen LogP contribution in [-0.4, -0.2) is 42.9 Å². The van der Waals surface area contributed by atoms with Gasteiger partial charge in [0.2, 0.25) is 0 Å². The number of piperidine rings is 1. The van der Waals surface area contributed by atoms with Gasteiger partial charge in [-0.3, -0.25) is 0 Å². The van der Waals surface area contributed by atoms with Gasteiger partial charge in [0.15, 0.2) is 0 Å². The lowest BCUT2D eigenvalue weighted by Gasteiger charge is -2.41. The molecule has 2 aliphatic heterocycles. The molecule has 0 N–H and O–H groups in total. The third-order valence-corrected chi connectivity index (χ3v) is 2.98. The van der Waals surface area contributed by atoms with Gasteiger partial charge in [0.1, 0.15) is 5.60 Å². The van der Waals surface area contributed by atoms with Crippen LogP contribution >= 0.6 is 0 Å². The summed E-state index contributed by atoms with van der Waals surface area (Å²) in [5.74, 6) is 1.00. The maximum atomic E-state index is 11.9. The maximum absolute atomic E-state index is 11.9. The van der Waals surface area contributed by atoms with E-state index in [2.05, 4.69) is 0 Å². The number of amides is 1. The molecule has 0 aromatic rings. The third kappa shape index (κ3) is 2.88. The normalized spacial score (nSPS) is 30.1. The molecule has 16 heavy (non-hydrogen) atoms. The first-order valence-electron chi connectivity index (χ1n) is 6.00. The zero-order valence-electron chi connectivity index (χ0n) is 10.4. The maximum Gasteiger partial charge on any atom is 0.410 e. The van der Waals surface area contributed by atoms with Crippen LogP contribution in [0, 0.1) is 11.8 Å². The first kappa shape index (κ1) is 11.7. The molecule has 0 aromatic heterocycles. The summed E-state index contributed by atoms with van der Waals surface area (Å²) in [5, 5.41) is 0. The number of fused-ring (bicyclic) bond motifs is 2. The summed E-state index contributed by atoms with van der Waals surface area (Å²) in [6.07, 6.45) is 1.02. The molecule has 1 amide bonds. The first-order chi connectivity index (χ1) is 7.44. The van der Waals surface area contributed by atoms with Crippen molar-refractivity contribution in [1.82, 2.24) is 4.90 Å². The van der Waals surface area contributed by atoms with E-state index in [-0.39, 0.29) is 6.09 Å². The molecule has 2 atom stereocenters. The molecule has 0 unspecified atom stereocenters. The largest absolute Gasteiger partial charge is 0.444 e.